The summed E-state index contributed by atoms with van der Waals surface area (Å²) in [6, 6.07) is 5.79. The Balaban J connectivity index is 1.44. The van der Waals surface area contributed by atoms with Crippen LogP contribution in [0.25, 0.3) is 0 Å². The van der Waals surface area contributed by atoms with Crippen LogP contribution in [0.4, 0.5) is 0 Å². The summed E-state index contributed by atoms with van der Waals surface area (Å²) < 4.78 is 7.59. The van der Waals surface area contributed by atoms with Crippen molar-refractivity contribution in [2.24, 2.45) is 0 Å². The number of hydrogen-bond donors (Lipinski definition) is 0. The molecule has 0 aliphatic carbocycles. The van der Waals surface area contributed by atoms with Crippen molar-refractivity contribution in [3.05, 3.63) is 42.7 Å². The second kappa shape index (κ2) is 7.82. The third-order valence-electron chi connectivity index (χ3n) is 3.95. The zero-order chi connectivity index (χ0) is 15.9. The Morgan fingerprint density at radius 3 is 3.13 bits per heavy atom. The van der Waals surface area contributed by atoms with Gasteiger partial charge in [-0.25, -0.2) is 4.98 Å². The number of piperidine rings is 1. The maximum absolute atomic E-state index is 12.3. The zero-order valence-corrected chi connectivity index (χ0v) is 13.0. The van der Waals surface area contributed by atoms with E-state index in [-0.39, 0.29) is 12.0 Å². The first-order chi connectivity index (χ1) is 11.3. The number of nitrogens with zero attached hydrogens (tertiary/aromatic N) is 5. The van der Waals surface area contributed by atoms with Gasteiger partial charge in [-0.1, -0.05) is 6.07 Å². The van der Waals surface area contributed by atoms with Gasteiger partial charge in [0, 0.05) is 25.7 Å². The van der Waals surface area contributed by atoms with Crippen LogP contribution in [0.5, 0.6) is 0 Å². The fourth-order valence-corrected chi connectivity index (χ4v) is 2.70. The number of hydrogen-bond acceptors (Lipinski definition) is 5. The van der Waals surface area contributed by atoms with Crippen LogP contribution >= 0.6 is 0 Å². The molecule has 1 saturated heterocycles. The van der Waals surface area contributed by atoms with Crippen molar-refractivity contribution in [1.82, 2.24) is 24.6 Å². The minimum absolute atomic E-state index is 0.0843. The number of amides is 1. The lowest BCUT2D eigenvalue weighted by molar-refractivity contribution is -0.135. The molecule has 7 heteroatoms. The Hall–Kier alpha value is -2.28. The van der Waals surface area contributed by atoms with Gasteiger partial charge in [0.25, 0.3) is 0 Å². The van der Waals surface area contributed by atoms with Crippen molar-refractivity contribution < 1.29 is 9.53 Å². The van der Waals surface area contributed by atoms with E-state index < -0.39 is 0 Å². The molecule has 3 heterocycles. The van der Waals surface area contributed by atoms with E-state index >= 15 is 0 Å². The quantitative estimate of drug-likeness (QED) is 0.802. The van der Waals surface area contributed by atoms with E-state index in [2.05, 4.69) is 15.1 Å². The molecule has 1 amide bonds. The molecule has 1 atom stereocenters. The highest BCUT2D eigenvalue weighted by Crippen LogP contribution is 2.15. The van der Waals surface area contributed by atoms with Gasteiger partial charge in [-0.05, 0) is 25.0 Å². The molecule has 0 unspecified atom stereocenters. The highest BCUT2D eigenvalue weighted by Gasteiger charge is 2.24. The molecule has 1 aliphatic heterocycles. The summed E-state index contributed by atoms with van der Waals surface area (Å²) in [5.41, 5.74) is 0.919. The second-order valence-electron chi connectivity index (χ2n) is 5.64. The summed E-state index contributed by atoms with van der Waals surface area (Å²) in [6.07, 6.45) is 7.35. The Morgan fingerprint density at radius 1 is 1.39 bits per heavy atom. The normalized spacial score (nSPS) is 18.1. The lowest BCUT2D eigenvalue weighted by atomic mass is 10.1. The third-order valence-corrected chi connectivity index (χ3v) is 3.95. The topological polar surface area (TPSA) is 73.1 Å². The molecule has 1 aliphatic rings. The predicted molar refractivity (Wildman–Crippen MR) is 83.3 cm³/mol. The first-order valence-electron chi connectivity index (χ1n) is 7.93. The Labute approximate surface area is 135 Å². The summed E-state index contributed by atoms with van der Waals surface area (Å²) in [4.78, 5) is 22.3. The maximum atomic E-state index is 12.3. The SMILES string of the molecule is O=C(CCn1cncn1)N1CCC[C@@H](OCc2ccccn2)C1. The molecule has 0 aromatic carbocycles. The largest absolute Gasteiger partial charge is 0.370 e. The van der Waals surface area contributed by atoms with Gasteiger partial charge < -0.3 is 9.64 Å². The van der Waals surface area contributed by atoms with E-state index in [1.165, 1.54) is 6.33 Å². The van der Waals surface area contributed by atoms with Crippen LogP contribution in [0.1, 0.15) is 25.0 Å². The zero-order valence-electron chi connectivity index (χ0n) is 13.0. The predicted octanol–water partition coefficient (Wildman–Crippen LogP) is 1.27. The smallest absolute Gasteiger partial charge is 0.224 e. The highest BCUT2D eigenvalue weighted by atomic mass is 16.5. The minimum Gasteiger partial charge on any atom is -0.370 e. The Bertz CT molecular complexity index is 602. The number of aryl methyl sites for hydroxylation is 1. The summed E-state index contributed by atoms with van der Waals surface area (Å²) in [6.45, 7) is 2.52. The van der Waals surface area contributed by atoms with E-state index in [9.17, 15) is 4.79 Å². The fourth-order valence-electron chi connectivity index (χ4n) is 2.70. The first-order valence-corrected chi connectivity index (χ1v) is 7.93. The summed E-state index contributed by atoms with van der Waals surface area (Å²) in [5.74, 6) is 0.145. The highest BCUT2D eigenvalue weighted by molar-refractivity contribution is 5.76. The number of carbonyl (C=O) groups excluding carboxylic acids is 1. The van der Waals surface area contributed by atoms with Crippen molar-refractivity contribution >= 4 is 5.91 Å². The van der Waals surface area contributed by atoms with Crippen molar-refractivity contribution in [2.45, 2.75) is 38.5 Å². The van der Waals surface area contributed by atoms with Crippen LogP contribution in [-0.2, 0) is 22.7 Å². The average molecular weight is 315 g/mol. The molecule has 3 rings (SSSR count). The Morgan fingerprint density at radius 2 is 2.35 bits per heavy atom. The van der Waals surface area contributed by atoms with Crippen LogP contribution < -0.4 is 0 Å². The van der Waals surface area contributed by atoms with Gasteiger partial charge in [0.05, 0.1) is 24.9 Å². The molecule has 0 bridgehead atoms. The van der Waals surface area contributed by atoms with Gasteiger partial charge in [0.2, 0.25) is 5.91 Å². The molecule has 2 aromatic rings. The van der Waals surface area contributed by atoms with Crippen LogP contribution in [0.15, 0.2) is 37.1 Å². The van der Waals surface area contributed by atoms with E-state index in [4.69, 9.17) is 4.74 Å². The van der Waals surface area contributed by atoms with Crippen molar-refractivity contribution in [1.29, 1.82) is 0 Å². The molecule has 122 valence electrons. The van der Waals surface area contributed by atoms with Gasteiger partial charge in [0.1, 0.15) is 12.7 Å². The van der Waals surface area contributed by atoms with Gasteiger partial charge in [-0.2, -0.15) is 5.10 Å². The van der Waals surface area contributed by atoms with Gasteiger partial charge in [0.15, 0.2) is 0 Å². The molecular weight excluding hydrogens is 294 g/mol. The lowest BCUT2D eigenvalue weighted by Crippen LogP contribution is -2.43. The number of aromatic nitrogens is 4. The molecule has 1 fully saturated rings. The summed E-state index contributed by atoms with van der Waals surface area (Å²) in [7, 11) is 0. The van der Waals surface area contributed by atoms with Crippen LogP contribution in [0.2, 0.25) is 0 Å². The van der Waals surface area contributed by atoms with Crippen LogP contribution in [0.3, 0.4) is 0 Å². The number of rotatable bonds is 6. The average Bonchev–Trinajstić information content (AvgIpc) is 3.12. The molecule has 0 N–H and O–H groups in total. The summed E-state index contributed by atoms with van der Waals surface area (Å²) >= 11 is 0. The second-order valence-corrected chi connectivity index (χ2v) is 5.64. The van der Waals surface area contributed by atoms with E-state index in [0.29, 0.717) is 26.1 Å². The molecule has 0 spiro atoms. The summed E-state index contributed by atoms with van der Waals surface area (Å²) in [5, 5.41) is 4.01. The van der Waals surface area contributed by atoms with Crippen molar-refractivity contribution in [3.8, 4) is 0 Å². The molecule has 0 radical (unpaired) electrons. The maximum Gasteiger partial charge on any atom is 0.224 e. The minimum atomic E-state index is 0.0843. The lowest BCUT2D eigenvalue weighted by Gasteiger charge is -2.32. The number of likely N-dealkylation sites (tertiary alicyclic amines) is 1. The van der Waals surface area contributed by atoms with Gasteiger partial charge in [-0.3, -0.25) is 14.5 Å². The van der Waals surface area contributed by atoms with Crippen molar-refractivity contribution in [2.75, 3.05) is 13.1 Å². The van der Waals surface area contributed by atoms with E-state index in [0.717, 1.165) is 25.1 Å². The molecule has 23 heavy (non-hydrogen) atoms. The van der Waals surface area contributed by atoms with Crippen LogP contribution in [0, 0.1) is 0 Å². The van der Waals surface area contributed by atoms with Gasteiger partial charge in [-0.15, -0.1) is 0 Å². The first kappa shape index (κ1) is 15.6. The monoisotopic (exact) mass is 315 g/mol. The fraction of sp³-hybridized carbons (Fsp3) is 0.500. The standard InChI is InChI=1S/C16H21N5O2/c22-16(6-9-21-13-17-12-19-21)20-8-3-5-15(10-20)23-11-14-4-1-2-7-18-14/h1-2,4,7,12-13,15H,3,5-6,8-11H2/t15-/m1/s1. The van der Waals surface area contributed by atoms with E-state index in [1.54, 1.807) is 17.2 Å². The van der Waals surface area contributed by atoms with Gasteiger partial charge >= 0.3 is 0 Å². The number of carbonyl (C=O) groups is 1. The Kier molecular flexibility index (Phi) is 5.31. The number of ether oxygens (including phenoxy) is 1. The number of pyridine rings is 1. The van der Waals surface area contributed by atoms with Crippen molar-refractivity contribution in [3.63, 3.8) is 0 Å². The molecular formula is C16H21N5O2. The van der Waals surface area contributed by atoms with Crippen LogP contribution in [-0.4, -0.2) is 49.7 Å². The molecule has 2 aromatic heterocycles. The third kappa shape index (κ3) is 4.59. The molecule has 0 saturated carbocycles. The van der Waals surface area contributed by atoms with E-state index in [1.807, 2.05) is 23.1 Å². The molecule has 7 nitrogen and oxygen atoms in total.